The second kappa shape index (κ2) is 14.1. The Bertz CT molecular complexity index is 1340. The molecular weight excluding hydrogens is 596 g/mol. The number of aliphatic hydroxyl groups is 3. The van der Waals surface area contributed by atoms with Crippen molar-refractivity contribution in [3.63, 3.8) is 0 Å². The van der Waals surface area contributed by atoms with Crippen LogP contribution in [0.25, 0.3) is 0 Å². The van der Waals surface area contributed by atoms with Crippen molar-refractivity contribution >= 4 is 17.5 Å². The van der Waals surface area contributed by atoms with Crippen molar-refractivity contribution in [1.29, 1.82) is 5.26 Å². The molecule has 2 aliphatic heterocycles. The lowest BCUT2D eigenvalue weighted by Gasteiger charge is -2.39. The van der Waals surface area contributed by atoms with Crippen LogP contribution in [0.3, 0.4) is 0 Å². The van der Waals surface area contributed by atoms with Gasteiger partial charge in [0.2, 0.25) is 5.91 Å². The Morgan fingerprint density at radius 2 is 1.89 bits per heavy atom. The third-order valence-electron chi connectivity index (χ3n) is 8.24. The summed E-state index contributed by atoms with van der Waals surface area (Å²) in [5, 5.41) is 43.5. The summed E-state index contributed by atoms with van der Waals surface area (Å²) in [6, 6.07) is 13.6. The minimum atomic E-state index is -3.04. The van der Waals surface area contributed by atoms with E-state index in [4.69, 9.17) is 26.3 Å². The van der Waals surface area contributed by atoms with Crippen LogP contribution in [0.4, 0.5) is 8.78 Å². The molecule has 0 bridgehead atoms. The van der Waals surface area contributed by atoms with Crippen molar-refractivity contribution in [3.05, 3.63) is 64.2 Å². The Morgan fingerprint density at radius 1 is 1.18 bits per heavy atom. The molecule has 2 aromatic carbocycles. The van der Waals surface area contributed by atoms with E-state index >= 15 is 0 Å². The lowest BCUT2D eigenvalue weighted by molar-refractivity contribution is -0.219. The molecule has 2 heterocycles. The van der Waals surface area contributed by atoms with Crippen molar-refractivity contribution in [3.8, 4) is 11.8 Å². The number of nitrogens with zero attached hydrogens (tertiary/aromatic N) is 2. The summed E-state index contributed by atoms with van der Waals surface area (Å²) < 4.78 is 39.0. The van der Waals surface area contributed by atoms with Gasteiger partial charge < -0.3 is 35.0 Å². The Morgan fingerprint density at radius 3 is 2.57 bits per heavy atom. The number of nitrogens with one attached hydrogen (secondary N) is 1. The number of carbonyl (C=O) groups is 1. The summed E-state index contributed by atoms with van der Waals surface area (Å²) in [6.45, 7) is 5.06. The Labute approximate surface area is 261 Å². The number of alkyl halides is 2. The van der Waals surface area contributed by atoms with Crippen LogP contribution in [-0.4, -0.2) is 87.7 Å². The number of amides is 1. The molecule has 2 aliphatic rings. The molecule has 0 saturated carbocycles. The first-order valence-corrected chi connectivity index (χ1v) is 15.1. The predicted octanol–water partition coefficient (Wildman–Crippen LogP) is 3.76. The van der Waals surface area contributed by atoms with Gasteiger partial charge in [0.1, 0.15) is 36.2 Å². The van der Waals surface area contributed by atoms with E-state index in [2.05, 4.69) is 5.32 Å². The molecule has 0 aliphatic carbocycles. The van der Waals surface area contributed by atoms with Crippen LogP contribution in [-0.2, 0) is 16.0 Å². The number of rotatable bonds is 11. The fourth-order valence-electron chi connectivity index (χ4n) is 5.56. The van der Waals surface area contributed by atoms with Gasteiger partial charge in [-0.15, -0.1) is 0 Å². The third-order valence-corrected chi connectivity index (χ3v) is 8.61. The molecule has 240 valence electrons. The molecule has 2 aromatic rings. The molecule has 0 spiro atoms. The highest BCUT2D eigenvalue weighted by Gasteiger charge is 2.47. The van der Waals surface area contributed by atoms with Gasteiger partial charge in [-0.3, -0.25) is 4.79 Å². The van der Waals surface area contributed by atoms with E-state index in [1.54, 1.807) is 25.1 Å². The van der Waals surface area contributed by atoms with Crippen molar-refractivity contribution in [2.24, 2.45) is 0 Å². The summed E-state index contributed by atoms with van der Waals surface area (Å²) in [7, 11) is 0. The van der Waals surface area contributed by atoms with Crippen molar-refractivity contribution in [2.75, 3.05) is 19.7 Å². The second-order valence-corrected chi connectivity index (χ2v) is 12.7. The van der Waals surface area contributed by atoms with Gasteiger partial charge in [0.05, 0.1) is 31.9 Å². The number of ether oxygens (including phenoxy) is 2. The maximum atomic E-state index is 13.7. The fourth-order valence-corrected chi connectivity index (χ4v) is 5.75. The molecular formula is C32H40ClF2N3O6. The quantitative estimate of drug-likeness (QED) is 0.274. The SMILES string of the molecule is C[C@H]1O[C@@H](c2ccc(Cl)c(Cc3ccc(OCCCC(C)(C)NCC(=O)N4CC(F)(F)C[C@H]4C#N)cc3)c2)[C@H](O)[C@@H](O)[C@@H]1O. The monoisotopic (exact) mass is 635 g/mol. The van der Waals surface area contributed by atoms with Gasteiger partial charge in [-0.05, 0) is 74.9 Å². The van der Waals surface area contributed by atoms with E-state index in [1.165, 1.54) is 0 Å². The molecule has 4 N–H and O–H groups in total. The van der Waals surface area contributed by atoms with E-state index in [0.717, 1.165) is 16.0 Å². The highest BCUT2D eigenvalue weighted by Crippen LogP contribution is 2.35. The molecule has 2 saturated heterocycles. The molecule has 9 nitrogen and oxygen atoms in total. The van der Waals surface area contributed by atoms with Gasteiger partial charge in [0.25, 0.3) is 5.92 Å². The molecule has 0 unspecified atom stereocenters. The number of hydrogen-bond acceptors (Lipinski definition) is 8. The highest BCUT2D eigenvalue weighted by atomic mass is 35.5. The first kappa shape index (κ1) is 34.0. The maximum absolute atomic E-state index is 13.7. The number of aliphatic hydroxyl groups excluding tert-OH is 3. The standard InChI is InChI=1S/C32H40ClF2N3O6/c1-19-27(40)28(41)29(42)30(44-19)21-7-10-25(33)22(14-21)13-20-5-8-24(9-6-20)43-12-4-11-31(2,3)37-17-26(39)38-18-32(34,35)15-23(38)16-36/h5-10,14,19,23,27-30,37,40-42H,4,11-13,15,17-18H2,1-3H3/t19-,23+,27-,28+,29-,30+/m1/s1. The smallest absolute Gasteiger partial charge is 0.268 e. The molecule has 4 rings (SSSR count). The van der Waals surface area contributed by atoms with Gasteiger partial charge >= 0.3 is 0 Å². The van der Waals surface area contributed by atoms with Crippen molar-refractivity contribution in [2.45, 2.75) is 94.5 Å². The number of benzene rings is 2. The average Bonchev–Trinajstić information content (AvgIpc) is 3.31. The minimum Gasteiger partial charge on any atom is -0.494 e. The third kappa shape index (κ3) is 8.44. The molecule has 6 atom stereocenters. The van der Waals surface area contributed by atoms with Gasteiger partial charge in [0.15, 0.2) is 0 Å². The lowest BCUT2D eigenvalue weighted by Crippen LogP contribution is -2.53. The summed E-state index contributed by atoms with van der Waals surface area (Å²) >= 11 is 6.47. The molecule has 0 radical (unpaired) electrons. The maximum Gasteiger partial charge on any atom is 0.268 e. The Hall–Kier alpha value is -2.85. The van der Waals surface area contributed by atoms with E-state index in [9.17, 15) is 28.9 Å². The first-order valence-electron chi connectivity index (χ1n) is 14.7. The number of halogens is 3. The number of hydrogen-bond donors (Lipinski definition) is 4. The summed E-state index contributed by atoms with van der Waals surface area (Å²) in [5.74, 6) is -2.87. The van der Waals surface area contributed by atoms with Gasteiger partial charge in [-0.1, -0.05) is 35.9 Å². The van der Waals surface area contributed by atoms with Crippen LogP contribution in [0, 0.1) is 11.3 Å². The van der Waals surface area contributed by atoms with Crippen LogP contribution in [0.5, 0.6) is 5.75 Å². The van der Waals surface area contributed by atoms with Crippen LogP contribution >= 0.6 is 11.6 Å². The predicted molar refractivity (Wildman–Crippen MR) is 159 cm³/mol. The molecule has 2 fully saturated rings. The van der Waals surface area contributed by atoms with Crippen LogP contribution in [0.2, 0.25) is 5.02 Å². The molecule has 1 amide bonds. The lowest BCUT2D eigenvalue weighted by atomic mass is 9.90. The first-order chi connectivity index (χ1) is 20.7. The van der Waals surface area contributed by atoms with Crippen LogP contribution in [0.1, 0.15) is 62.8 Å². The minimum absolute atomic E-state index is 0.130. The fraction of sp³-hybridized carbons (Fsp3) is 0.562. The van der Waals surface area contributed by atoms with E-state index in [-0.39, 0.29) is 6.54 Å². The van der Waals surface area contributed by atoms with Crippen molar-refractivity contribution in [1.82, 2.24) is 10.2 Å². The van der Waals surface area contributed by atoms with Crippen molar-refractivity contribution < 1.29 is 38.4 Å². The molecule has 0 aromatic heterocycles. The Kier molecular flexibility index (Phi) is 10.9. The zero-order valence-electron chi connectivity index (χ0n) is 25.1. The number of nitriles is 1. The highest BCUT2D eigenvalue weighted by molar-refractivity contribution is 6.31. The van der Waals surface area contributed by atoms with Gasteiger partial charge in [-0.25, -0.2) is 8.78 Å². The van der Waals surface area contributed by atoms with E-state index < -0.39 is 66.9 Å². The summed E-state index contributed by atoms with van der Waals surface area (Å²) in [4.78, 5) is 13.4. The summed E-state index contributed by atoms with van der Waals surface area (Å²) in [5.41, 5.74) is 2.00. The zero-order valence-corrected chi connectivity index (χ0v) is 25.8. The van der Waals surface area contributed by atoms with E-state index in [0.29, 0.717) is 42.2 Å². The summed E-state index contributed by atoms with van der Waals surface area (Å²) in [6.07, 6.45) is -3.99. The topological polar surface area (TPSA) is 135 Å². The number of likely N-dealkylation sites (tertiary alicyclic amines) is 1. The van der Waals surface area contributed by atoms with Gasteiger partial charge in [-0.2, -0.15) is 5.26 Å². The van der Waals surface area contributed by atoms with Crippen LogP contribution in [0.15, 0.2) is 42.5 Å². The Balaban J connectivity index is 1.24. The number of carbonyl (C=O) groups excluding carboxylic acids is 1. The van der Waals surface area contributed by atoms with Gasteiger partial charge in [0, 0.05) is 17.0 Å². The van der Waals surface area contributed by atoms with E-state index in [1.807, 2.05) is 44.2 Å². The average molecular weight is 636 g/mol. The largest absolute Gasteiger partial charge is 0.494 e. The molecule has 44 heavy (non-hydrogen) atoms. The zero-order chi connectivity index (χ0) is 32.2. The normalized spacial score (nSPS) is 26.8. The van der Waals surface area contributed by atoms with Crippen LogP contribution < -0.4 is 10.1 Å². The second-order valence-electron chi connectivity index (χ2n) is 12.3. The molecule has 12 heteroatoms.